The third-order valence-electron chi connectivity index (χ3n) is 4.43. The number of hydrogen-bond acceptors (Lipinski definition) is 7. The van der Waals surface area contributed by atoms with Gasteiger partial charge in [0.1, 0.15) is 24.3 Å². The molecule has 0 saturated carbocycles. The first-order valence-corrected chi connectivity index (χ1v) is 11.7. The number of nitrogen functional groups attached to an aromatic ring is 1. The molecule has 1 atom stereocenters. The minimum absolute atomic E-state index is 0.206. The zero-order chi connectivity index (χ0) is 23.2. The molecule has 0 radical (unpaired) electrons. The molecule has 0 aliphatic carbocycles. The first-order chi connectivity index (χ1) is 15.6. The molecule has 1 aromatic heterocycles. The standard InChI is InChI=1S/C23H28N4O2S.C2H6/c1-17-2-9-22(10-3-17)30-27-19-6-4-18(5-7-19)12-13-25-14-20(28)16-29-21-8-11-23(24)26-15-21;1-2/h2-11,15,20,25,27-28H,12-14,16H2,1H3,(H2,24,26);1-2H3. The van der Waals surface area contributed by atoms with Gasteiger partial charge in [-0.2, -0.15) is 0 Å². The van der Waals surface area contributed by atoms with Crippen LogP contribution >= 0.6 is 11.9 Å². The summed E-state index contributed by atoms with van der Waals surface area (Å²) in [7, 11) is 0. The number of nitrogens with one attached hydrogen (secondary N) is 2. The van der Waals surface area contributed by atoms with Crippen LogP contribution in [0.5, 0.6) is 5.75 Å². The lowest BCUT2D eigenvalue weighted by molar-refractivity contribution is 0.106. The molecule has 0 fully saturated rings. The molecule has 0 aliphatic heterocycles. The normalized spacial score (nSPS) is 11.2. The minimum atomic E-state index is -0.590. The van der Waals surface area contributed by atoms with E-state index in [0.717, 1.165) is 18.7 Å². The summed E-state index contributed by atoms with van der Waals surface area (Å²) in [6, 6.07) is 20.2. The highest BCUT2D eigenvalue weighted by atomic mass is 32.2. The van der Waals surface area contributed by atoms with Crippen molar-refractivity contribution in [3.05, 3.63) is 78.0 Å². The highest BCUT2D eigenvalue weighted by Gasteiger charge is 2.05. The van der Waals surface area contributed by atoms with E-state index in [-0.39, 0.29) is 6.61 Å². The molecule has 1 heterocycles. The lowest BCUT2D eigenvalue weighted by atomic mass is 10.1. The molecule has 7 heteroatoms. The van der Waals surface area contributed by atoms with E-state index in [1.807, 2.05) is 13.8 Å². The van der Waals surface area contributed by atoms with Gasteiger partial charge in [-0.1, -0.05) is 43.7 Å². The zero-order valence-electron chi connectivity index (χ0n) is 19.0. The van der Waals surface area contributed by atoms with Gasteiger partial charge in [0, 0.05) is 17.1 Å². The Balaban J connectivity index is 0.00000176. The first kappa shape index (κ1) is 25.5. The number of nitrogens with zero attached hydrogens (tertiary/aromatic N) is 1. The smallest absolute Gasteiger partial charge is 0.137 e. The van der Waals surface area contributed by atoms with E-state index in [9.17, 15) is 5.11 Å². The Kier molecular flexibility index (Phi) is 11.4. The van der Waals surface area contributed by atoms with Gasteiger partial charge in [0.15, 0.2) is 0 Å². The molecule has 0 spiro atoms. The molecule has 3 aromatic rings. The quantitative estimate of drug-likeness (QED) is 0.247. The molecule has 0 aliphatic rings. The van der Waals surface area contributed by atoms with Gasteiger partial charge in [-0.3, -0.25) is 0 Å². The summed E-state index contributed by atoms with van der Waals surface area (Å²) in [5.74, 6) is 1.04. The number of nitrogens with two attached hydrogens (primary N) is 1. The second-order valence-corrected chi connectivity index (χ2v) is 7.93. The number of pyridine rings is 1. The van der Waals surface area contributed by atoms with Crippen LogP contribution in [0.25, 0.3) is 0 Å². The Morgan fingerprint density at radius 2 is 1.75 bits per heavy atom. The maximum atomic E-state index is 10.0. The number of aromatic nitrogens is 1. The second kappa shape index (κ2) is 14.3. The van der Waals surface area contributed by atoms with E-state index in [4.69, 9.17) is 10.5 Å². The average molecular weight is 455 g/mol. The van der Waals surface area contributed by atoms with Gasteiger partial charge in [0.2, 0.25) is 0 Å². The van der Waals surface area contributed by atoms with Gasteiger partial charge in [-0.05, 0) is 73.8 Å². The van der Waals surface area contributed by atoms with Gasteiger partial charge >= 0.3 is 0 Å². The maximum absolute atomic E-state index is 10.0. The SMILES string of the molecule is CC.Cc1ccc(SNc2ccc(CCNCC(O)COc3ccc(N)nc3)cc2)cc1. The lowest BCUT2D eigenvalue weighted by Crippen LogP contribution is -2.32. The predicted octanol–water partition coefficient (Wildman–Crippen LogP) is 4.69. The van der Waals surface area contributed by atoms with Crippen LogP contribution in [0.3, 0.4) is 0 Å². The Morgan fingerprint density at radius 3 is 2.41 bits per heavy atom. The van der Waals surface area contributed by atoms with E-state index < -0.39 is 6.10 Å². The van der Waals surface area contributed by atoms with Crippen LogP contribution in [0, 0.1) is 6.92 Å². The number of rotatable bonds is 11. The molecule has 172 valence electrons. The molecular formula is C25H34N4O2S. The molecule has 6 nitrogen and oxygen atoms in total. The van der Waals surface area contributed by atoms with Crippen molar-refractivity contribution in [1.29, 1.82) is 0 Å². The summed E-state index contributed by atoms with van der Waals surface area (Å²) >= 11 is 1.60. The van der Waals surface area contributed by atoms with Crippen LogP contribution in [0.4, 0.5) is 11.5 Å². The summed E-state index contributed by atoms with van der Waals surface area (Å²) in [5, 5.41) is 13.3. The minimum Gasteiger partial charge on any atom is -0.489 e. The number of benzene rings is 2. The predicted molar refractivity (Wildman–Crippen MR) is 135 cm³/mol. The second-order valence-electron chi connectivity index (χ2n) is 7.05. The fourth-order valence-corrected chi connectivity index (χ4v) is 3.34. The van der Waals surface area contributed by atoms with Crippen LogP contribution in [0.2, 0.25) is 0 Å². The molecule has 2 aromatic carbocycles. The fourth-order valence-electron chi connectivity index (χ4n) is 2.69. The number of ether oxygens (including phenoxy) is 1. The number of anilines is 2. The van der Waals surface area contributed by atoms with Gasteiger partial charge in [-0.25, -0.2) is 4.98 Å². The first-order valence-electron chi connectivity index (χ1n) is 10.9. The van der Waals surface area contributed by atoms with E-state index in [0.29, 0.717) is 18.1 Å². The van der Waals surface area contributed by atoms with E-state index in [1.165, 1.54) is 16.0 Å². The van der Waals surface area contributed by atoms with Crippen LogP contribution in [0.15, 0.2) is 71.8 Å². The summed E-state index contributed by atoms with van der Waals surface area (Å²) in [5.41, 5.74) is 9.11. The average Bonchev–Trinajstić information content (AvgIpc) is 2.83. The van der Waals surface area contributed by atoms with Gasteiger partial charge in [-0.15, -0.1) is 0 Å². The number of aliphatic hydroxyl groups excluding tert-OH is 1. The largest absolute Gasteiger partial charge is 0.489 e. The molecule has 5 N–H and O–H groups in total. The van der Waals surface area contributed by atoms with E-state index in [1.54, 1.807) is 30.3 Å². The fraction of sp³-hybridized carbons (Fsp3) is 0.320. The molecule has 0 bridgehead atoms. The third kappa shape index (κ3) is 9.60. The molecule has 0 amide bonds. The van der Waals surface area contributed by atoms with Gasteiger partial charge < -0.3 is 25.6 Å². The van der Waals surface area contributed by atoms with Crippen LogP contribution in [-0.4, -0.2) is 35.9 Å². The number of aliphatic hydroxyl groups is 1. The molecular weight excluding hydrogens is 420 g/mol. The van der Waals surface area contributed by atoms with E-state index >= 15 is 0 Å². The van der Waals surface area contributed by atoms with Crippen molar-refractivity contribution in [3.63, 3.8) is 0 Å². The Hall–Kier alpha value is -2.74. The molecule has 32 heavy (non-hydrogen) atoms. The van der Waals surface area contributed by atoms with Crippen LogP contribution in [0.1, 0.15) is 25.0 Å². The van der Waals surface area contributed by atoms with Crippen molar-refractivity contribution in [2.75, 3.05) is 30.2 Å². The Labute approximate surface area is 195 Å². The third-order valence-corrected chi connectivity index (χ3v) is 5.28. The van der Waals surface area contributed by atoms with Crippen LogP contribution < -0.4 is 20.5 Å². The van der Waals surface area contributed by atoms with Crippen LogP contribution in [-0.2, 0) is 6.42 Å². The Bertz CT molecular complexity index is 887. The molecule has 1 unspecified atom stereocenters. The summed E-state index contributed by atoms with van der Waals surface area (Å²) in [4.78, 5) is 5.14. The summed E-state index contributed by atoms with van der Waals surface area (Å²) in [6.07, 6.45) is 1.85. The van der Waals surface area contributed by atoms with Gasteiger partial charge in [0.05, 0.1) is 6.20 Å². The highest BCUT2D eigenvalue weighted by molar-refractivity contribution is 8.00. The van der Waals surface area contributed by atoms with Crippen molar-refractivity contribution in [2.24, 2.45) is 0 Å². The molecule has 3 rings (SSSR count). The molecule has 0 saturated heterocycles. The zero-order valence-corrected chi connectivity index (χ0v) is 19.9. The lowest BCUT2D eigenvalue weighted by Gasteiger charge is -2.13. The van der Waals surface area contributed by atoms with Crippen molar-refractivity contribution in [3.8, 4) is 5.75 Å². The number of aryl methyl sites for hydroxylation is 1. The maximum Gasteiger partial charge on any atom is 0.137 e. The van der Waals surface area contributed by atoms with Crippen molar-refractivity contribution >= 4 is 23.5 Å². The Morgan fingerprint density at radius 1 is 1.03 bits per heavy atom. The highest BCUT2D eigenvalue weighted by Crippen LogP contribution is 2.21. The summed E-state index contributed by atoms with van der Waals surface area (Å²) < 4.78 is 8.86. The van der Waals surface area contributed by atoms with Gasteiger partial charge in [0.25, 0.3) is 0 Å². The monoisotopic (exact) mass is 454 g/mol. The summed E-state index contributed by atoms with van der Waals surface area (Å²) in [6.45, 7) is 7.54. The topological polar surface area (TPSA) is 92.4 Å². The van der Waals surface area contributed by atoms with E-state index in [2.05, 4.69) is 70.5 Å². The van der Waals surface area contributed by atoms with Crippen molar-refractivity contribution in [1.82, 2.24) is 10.3 Å². The van der Waals surface area contributed by atoms with Crippen molar-refractivity contribution in [2.45, 2.75) is 38.2 Å². The number of hydrogen-bond donors (Lipinski definition) is 4. The van der Waals surface area contributed by atoms with Crippen molar-refractivity contribution < 1.29 is 9.84 Å².